The number of aliphatic hydroxyl groups excluding tert-OH is 1. The summed E-state index contributed by atoms with van der Waals surface area (Å²) in [6, 6.07) is 13.2. The predicted molar refractivity (Wildman–Crippen MR) is 123 cm³/mol. The third-order valence-corrected chi connectivity index (χ3v) is 8.08. The third-order valence-electron chi connectivity index (χ3n) is 6.33. The third kappa shape index (κ3) is 3.97. The number of hydrogen-bond donors (Lipinski definition) is 1. The van der Waals surface area contributed by atoms with Crippen LogP contribution in [0.2, 0.25) is 0 Å². The van der Waals surface area contributed by atoms with E-state index in [1.54, 1.807) is 12.1 Å². The number of likely N-dealkylation sites (tertiary alicyclic amines) is 1. The highest BCUT2D eigenvalue weighted by Crippen LogP contribution is 2.42. The van der Waals surface area contributed by atoms with Crippen LogP contribution in [0.25, 0.3) is 5.76 Å². The molecule has 2 aromatic carbocycles. The van der Waals surface area contributed by atoms with Gasteiger partial charge in [0, 0.05) is 11.6 Å². The zero-order chi connectivity index (χ0) is 23.2. The number of carbonyl (C=O) groups is 2. The Bertz CT molecular complexity index is 1190. The van der Waals surface area contributed by atoms with E-state index in [1.165, 1.54) is 4.90 Å². The molecule has 2 saturated heterocycles. The Morgan fingerprint density at radius 3 is 2.19 bits per heavy atom. The number of aliphatic hydroxyl groups is 1. The number of Topliss-reactive ketones (excluding diaryl/α,β-unsaturated/α-hetero) is 1. The normalized spacial score (nSPS) is 24.4. The molecule has 0 spiro atoms. The molecule has 0 aromatic heterocycles. The Hall–Kier alpha value is -2.93. The maximum absolute atomic E-state index is 13.1. The van der Waals surface area contributed by atoms with Gasteiger partial charge in [0.1, 0.15) is 5.76 Å². The molecule has 1 N–H and O–H groups in total. The van der Waals surface area contributed by atoms with Crippen molar-refractivity contribution in [2.45, 2.75) is 45.2 Å². The van der Waals surface area contributed by atoms with Crippen molar-refractivity contribution in [1.29, 1.82) is 0 Å². The average Bonchev–Trinajstić information content (AvgIpc) is 3.24. The van der Waals surface area contributed by atoms with Crippen LogP contribution in [0.5, 0.6) is 0 Å². The highest BCUT2D eigenvalue weighted by molar-refractivity contribution is 7.91. The van der Waals surface area contributed by atoms with Crippen LogP contribution in [0.3, 0.4) is 0 Å². The van der Waals surface area contributed by atoms with E-state index in [1.807, 2.05) is 43.3 Å². The van der Waals surface area contributed by atoms with Gasteiger partial charge in [0.25, 0.3) is 11.7 Å². The van der Waals surface area contributed by atoms with E-state index in [0.29, 0.717) is 17.0 Å². The molecule has 0 bridgehead atoms. The predicted octanol–water partition coefficient (Wildman–Crippen LogP) is 3.73. The van der Waals surface area contributed by atoms with Crippen LogP contribution in [0.4, 0.5) is 0 Å². The minimum Gasteiger partial charge on any atom is -0.507 e. The molecule has 2 aliphatic rings. The summed E-state index contributed by atoms with van der Waals surface area (Å²) in [6.07, 6.45) is 0.278. The maximum atomic E-state index is 13.1. The van der Waals surface area contributed by atoms with Crippen LogP contribution in [0.1, 0.15) is 54.5 Å². The molecule has 0 saturated carbocycles. The first-order valence-electron chi connectivity index (χ1n) is 10.8. The van der Waals surface area contributed by atoms with E-state index in [9.17, 15) is 23.1 Å². The molecule has 168 valence electrons. The summed E-state index contributed by atoms with van der Waals surface area (Å²) in [4.78, 5) is 27.6. The molecule has 2 aliphatic heterocycles. The van der Waals surface area contributed by atoms with Gasteiger partial charge in [-0.15, -0.1) is 0 Å². The quantitative estimate of drug-likeness (QED) is 0.433. The fraction of sp³-hybridized carbons (Fsp3) is 0.360. The lowest BCUT2D eigenvalue weighted by Crippen LogP contribution is -2.40. The minimum absolute atomic E-state index is 0.000415. The molecule has 4 rings (SSSR count). The highest BCUT2D eigenvalue weighted by atomic mass is 32.2. The van der Waals surface area contributed by atoms with Gasteiger partial charge in [-0.1, -0.05) is 67.9 Å². The molecular formula is C25H27NO5S. The average molecular weight is 454 g/mol. The topological polar surface area (TPSA) is 91.8 Å². The molecule has 2 fully saturated rings. The second kappa shape index (κ2) is 8.20. The monoisotopic (exact) mass is 453 g/mol. The Kier molecular flexibility index (Phi) is 5.71. The van der Waals surface area contributed by atoms with E-state index in [2.05, 4.69) is 13.8 Å². The molecule has 0 radical (unpaired) electrons. The van der Waals surface area contributed by atoms with Crippen molar-refractivity contribution < 1.29 is 23.1 Å². The summed E-state index contributed by atoms with van der Waals surface area (Å²) < 4.78 is 24.3. The number of nitrogens with zero attached hydrogens (tertiary/aromatic N) is 1. The molecule has 7 heteroatoms. The summed E-state index contributed by atoms with van der Waals surface area (Å²) >= 11 is 0. The molecule has 6 nitrogen and oxygen atoms in total. The van der Waals surface area contributed by atoms with Gasteiger partial charge in [-0.05, 0) is 30.4 Å². The standard InChI is InChI=1S/C25H27NO5S/c1-15(2)17-8-10-18(11-9-17)22-21(23(27)19-6-4-16(3)5-7-19)24(28)25(29)26(22)20-12-13-32(30,31)14-20/h4-11,15,20,22,27H,12-14H2,1-3H3. The first-order chi connectivity index (χ1) is 15.1. The van der Waals surface area contributed by atoms with Crippen molar-refractivity contribution in [2.24, 2.45) is 0 Å². The largest absolute Gasteiger partial charge is 0.507 e. The number of amides is 1. The fourth-order valence-electron chi connectivity index (χ4n) is 4.48. The molecule has 1 amide bonds. The number of ketones is 1. The van der Waals surface area contributed by atoms with Crippen LogP contribution >= 0.6 is 0 Å². The number of hydrogen-bond acceptors (Lipinski definition) is 5. The van der Waals surface area contributed by atoms with E-state index >= 15 is 0 Å². The molecule has 2 heterocycles. The summed E-state index contributed by atoms with van der Waals surface area (Å²) in [5, 5.41) is 11.1. The number of aryl methyl sites for hydroxylation is 1. The second-order valence-corrected chi connectivity index (χ2v) is 11.2. The number of rotatable bonds is 4. The molecule has 2 atom stereocenters. The number of sulfone groups is 1. The maximum Gasteiger partial charge on any atom is 0.295 e. The summed E-state index contributed by atoms with van der Waals surface area (Å²) in [5.74, 6) is -1.68. The zero-order valence-electron chi connectivity index (χ0n) is 18.4. The van der Waals surface area contributed by atoms with Gasteiger partial charge in [-0.2, -0.15) is 0 Å². The van der Waals surface area contributed by atoms with Gasteiger partial charge in [-0.25, -0.2) is 8.42 Å². The van der Waals surface area contributed by atoms with Crippen molar-refractivity contribution in [3.05, 3.63) is 76.4 Å². The molecule has 2 unspecified atom stereocenters. The molecule has 0 aliphatic carbocycles. The van der Waals surface area contributed by atoms with Gasteiger partial charge < -0.3 is 10.0 Å². The van der Waals surface area contributed by atoms with Gasteiger partial charge in [0.2, 0.25) is 0 Å². The molecular weight excluding hydrogens is 426 g/mol. The van der Waals surface area contributed by atoms with E-state index in [4.69, 9.17) is 0 Å². The Labute approximate surface area is 188 Å². The zero-order valence-corrected chi connectivity index (χ0v) is 19.2. The van der Waals surface area contributed by atoms with E-state index in [0.717, 1.165) is 11.1 Å². The lowest BCUT2D eigenvalue weighted by atomic mass is 9.92. The molecule has 32 heavy (non-hydrogen) atoms. The van der Waals surface area contributed by atoms with Crippen molar-refractivity contribution in [3.8, 4) is 0 Å². The highest BCUT2D eigenvalue weighted by Gasteiger charge is 2.50. The Balaban J connectivity index is 1.87. The Morgan fingerprint density at radius 1 is 1.03 bits per heavy atom. The second-order valence-electron chi connectivity index (χ2n) is 8.95. The van der Waals surface area contributed by atoms with Crippen LogP contribution < -0.4 is 0 Å². The van der Waals surface area contributed by atoms with Crippen molar-refractivity contribution in [1.82, 2.24) is 4.90 Å². The van der Waals surface area contributed by atoms with Crippen molar-refractivity contribution in [3.63, 3.8) is 0 Å². The van der Waals surface area contributed by atoms with Crippen molar-refractivity contribution in [2.75, 3.05) is 11.5 Å². The summed E-state index contributed by atoms with van der Waals surface area (Å²) in [5.41, 5.74) is 3.22. The van der Waals surface area contributed by atoms with Gasteiger partial charge in [-0.3, -0.25) is 9.59 Å². The molecule has 2 aromatic rings. The van der Waals surface area contributed by atoms with Gasteiger partial charge in [0.15, 0.2) is 9.84 Å². The van der Waals surface area contributed by atoms with Crippen LogP contribution in [0, 0.1) is 6.92 Å². The first-order valence-corrected chi connectivity index (χ1v) is 12.6. The number of carbonyl (C=O) groups excluding carboxylic acids is 2. The van der Waals surface area contributed by atoms with Crippen LogP contribution in [0.15, 0.2) is 54.1 Å². The first kappa shape index (κ1) is 22.3. The smallest absolute Gasteiger partial charge is 0.295 e. The van der Waals surface area contributed by atoms with Crippen LogP contribution in [-0.4, -0.2) is 47.7 Å². The fourth-order valence-corrected chi connectivity index (χ4v) is 6.19. The Morgan fingerprint density at radius 2 is 1.66 bits per heavy atom. The van der Waals surface area contributed by atoms with Gasteiger partial charge in [0.05, 0.1) is 23.1 Å². The summed E-state index contributed by atoms with van der Waals surface area (Å²) in [7, 11) is -3.28. The van der Waals surface area contributed by atoms with Gasteiger partial charge >= 0.3 is 0 Å². The minimum atomic E-state index is -3.28. The van der Waals surface area contributed by atoms with Crippen LogP contribution in [-0.2, 0) is 19.4 Å². The lowest BCUT2D eigenvalue weighted by molar-refractivity contribution is -0.141. The van der Waals surface area contributed by atoms with E-state index in [-0.39, 0.29) is 29.3 Å². The SMILES string of the molecule is Cc1ccc(C(O)=C2C(=O)C(=O)N(C3CCS(=O)(=O)C3)C2c2ccc(C(C)C)cc2)cc1. The van der Waals surface area contributed by atoms with E-state index < -0.39 is 33.6 Å². The summed E-state index contributed by atoms with van der Waals surface area (Å²) in [6.45, 7) is 6.06. The van der Waals surface area contributed by atoms with Crippen molar-refractivity contribution >= 4 is 27.3 Å². The number of benzene rings is 2. The lowest BCUT2D eigenvalue weighted by Gasteiger charge is -2.30.